The summed E-state index contributed by atoms with van der Waals surface area (Å²) < 4.78 is 57.3. The molecule has 1 aliphatic heterocycles. The number of ether oxygens (including phenoxy) is 3. The van der Waals surface area contributed by atoms with Gasteiger partial charge in [0, 0.05) is 25.4 Å². The molecule has 37 heavy (non-hydrogen) atoms. The lowest BCUT2D eigenvalue weighted by Crippen LogP contribution is -2.38. The van der Waals surface area contributed by atoms with Crippen molar-refractivity contribution >= 4 is 15.9 Å². The van der Waals surface area contributed by atoms with Gasteiger partial charge in [-0.1, -0.05) is 18.1 Å². The first-order chi connectivity index (χ1) is 17.8. The maximum atomic E-state index is 13.4. The molecule has 0 saturated heterocycles. The van der Waals surface area contributed by atoms with Crippen LogP contribution in [-0.2, 0) is 24.3 Å². The number of hydrogen-bond acceptors (Lipinski definition) is 7. The highest BCUT2D eigenvalue weighted by Gasteiger charge is 2.30. The fourth-order valence-electron chi connectivity index (χ4n) is 3.73. The summed E-state index contributed by atoms with van der Waals surface area (Å²) in [5.41, 5.74) is 0.754. The van der Waals surface area contributed by atoms with Crippen LogP contribution in [0.15, 0.2) is 65.3 Å². The van der Waals surface area contributed by atoms with Crippen molar-refractivity contribution in [2.75, 3.05) is 40.0 Å². The van der Waals surface area contributed by atoms with E-state index >= 15 is 0 Å². The summed E-state index contributed by atoms with van der Waals surface area (Å²) in [5.74, 6) is 1.59. The molecule has 0 bridgehead atoms. The highest BCUT2D eigenvalue weighted by molar-refractivity contribution is 7.89. The Labute approximate surface area is 215 Å². The number of hydrogen-bond donors (Lipinski definition) is 2. The number of nitrogens with zero attached hydrogens (tertiary/aromatic N) is 1. The number of nitrogens with one attached hydrogen (secondary N) is 1. The zero-order valence-electron chi connectivity index (χ0n) is 20.3. The number of halogens is 1. The number of carbonyl (C=O) groups is 1. The fourth-order valence-corrected chi connectivity index (χ4v) is 5.14. The summed E-state index contributed by atoms with van der Waals surface area (Å²) in [6.07, 6.45) is 6.25. The third-order valence-electron chi connectivity index (χ3n) is 5.62. The van der Waals surface area contributed by atoms with Gasteiger partial charge in [-0.15, -0.1) is 6.42 Å². The van der Waals surface area contributed by atoms with Crippen molar-refractivity contribution in [3.63, 3.8) is 0 Å². The predicted octanol–water partition coefficient (Wildman–Crippen LogP) is 2.00. The summed E-state index contributed by atoms with van der Waals surface area (Å²) in [5, 5.41) is 12.0. The zero-order chi connectivity index (χ0) is 26.8. The SMILES string of the molecule is C#CCNC(=O)C1=C[C@@H](c2ccc(F)cc2)C[C@@H](OCCN(CCO)S(=O)(=O)c2ccc(OC)cc2)O1. The zero-order valence-corrected chi connectivity index (χ0v) is 21.1. The third-order valence-corrected chi connectivity index (χ3v) is 7.53. The van der Waals surface area contributed by atoms with E-state index in [-0.39, 0.29) is 55.2 Å². The molecule has 2 aromatic rings. The molecule has 3 rings (SSSR count). The van der Waals surface area contributed by atoms with Crippen LogP contribution in [0.3, 0.4) is 0 Å². The smallest absolute Gasteiger partial charge is 0.286 e. The molecular weight excluding hydrogens is 503 g/mol. The second-order valence-corrected chi connectivity index (χ2v) is 9.97. The molecule has 1 heterocycles. The van der Waals surface area contributed by atoms with Crippen molar-refractivity contribution in [3.05, 3.63) is 71.7 Å². The quantitative estimate of drug-likeness (QED) is 0.402. The van der Waals surface area contributed by atoms with Crippen LogP contribution in [0, 0.1) is 18.2 Å². The van der Waals surface area contributed by atoms with Gasteiger partial charge in [-0.05, 0) is 48.0 Å². The largest absolute Gasteiger partial charge is 0.497 e. The lowest BCUT2D eigenvalue weighted by atomic mass is 9.93. The molecule has 0 aromatic heterocycles. The fraction of sp³-hybridized carbons (Fsp3) is 0.346. The first-order valence-corrected chi connectivity index (χ1v) is 12.9. The average molecular weight is 533 g/mol. The maximum Gasteiger partial charge on any atom is 0.286 e. The Morgan fingerprint density at radius 3 is 2.54 bits per heavy atom. The molecule has 2 atom stereocenters. The number of methoxy groups -OCH3 is 1. The Morgan fingerprint density at radius 1 is 1.22 bits per heavy atom. The molecule has 0 aliphatic carbocycles. The lowest BCUT2D eigenvalue weighted by molar-refractivity contribution is -0.146. The van der Waals surface area contributed by atoms with Crippen LogP contribution in [0.2, 0.25) is 0 Å². The Bertz CT molecular complexity index is 1230. The van der Waals surface area contributed by atoms with Crippen LogP contribution in [-0.4, -0.2) is 70.0 Å². The number of amides is 1. The van der Waals surface area contributed by atoms with Crippen LogP contribution >= 0.6 is 0 Å². The molecular formula is C26H29FN2O7S. The Balaban J connectivity index is 1.71. The molecule has 0 fully saturated rings. The number of carbonyl (C=O) groups excluding carboxylic acids is 1. The summed E-state index contributed by atoms with van der Waals surface area (Å²) in [6, 6.07) is 11.8. The van der Waals surface area contributed by atoms with Crippen molar-refractivity contribution in [2.24, 2.45) is 0 Å². The van der Waals surface area contributed by atoms with Gasteiger partial charge < -0.3 is 24.6 Å². The molecule has 0 radical (unpaired) electrons. The minimum Gasteiger partial charge on any atom is -0.497 e. The van der Waals surface area contributed by atoms with Gasteiger partial charge in [0.1, 0.15) is 11.6 Å². The van der Waals surface area contributed by atoms with E-state index in [0.29, 0.717) is 12.2 Å². The van der Waals surface area contributed by atoms with E-state index < -0.39 is 22.2 Å². The van der Waals surface area contributed by atoms with Gasteiger partial charge in [-0.2, -0.15) is 4.31 Å². The standard InChI is InChI=1S/C26H29FN2O7S/c1-3-12-28-26(31)24-17-20(19-4-6-21(27)7-5-19)18-25(36-24)35-16-14-29(13-15-30)37(32,33)23-10-8-22(34-2)9-11-23/h1,4-11,17,20,25,30H,12-16,18H2,2H3,(H,28,31)/t20-,25+/m1/s1. The number of allylic oxidation sites excluding steroid dienone is 1. The minimum atomic E-state index is -3.92. The lowest BCUT2D eigenvalue weighted by Gasteiger charge is -2.30. The Hall–Kier alpha value is -3.43. The summed E-state index contributed by atoms with van der Waals surface area (Å²) >= 11 is 0. The molecule has 198 valence electrons. The molecule has 11 heteroatoms. The van der Waals surface area contributed by atoms with Gasteiger partial charge in [0.05, 0.1) is 31.8 Å². The number of sulfonamides is 1. The first kappa shape index (κ1) is 28.1. The molecule has 2 N–H and O–H groups in total. The summed E-state index contributed by atoms with van der Waals surface area (Å²) in [4.78, 5) is 12.5. The Kier molecular flexibility index (Phi) is 10.0. The molecule has 1 amide bonds. The summed E-state index contributed by atoms with van der Waals surface area (Å²) in [7, 11) is -2.44. The Morgan fingerprint density at radius 2 is 1.92 bits per heavy atom. The topological polar surface area (TPSA) is 114 Å². The number of benzene rings is 2. The predicted molar refractivity (Wildman–Crippen MR) is 133 cm³/mol. The molecule has 0 spiro atoms. The molecule has 1 aliphatic rings. The highest BCUT2D eigenvalue weighted by atomic mass is 32.2. The average Bonchev–Trinajstić information content (AvgIpc) is 2.91. The van der Waals surface area contributed by atoms with E-state index in [1.165, 1.54) is 43.5 Å². The van der Waals surface area contributed by atoms with E-state index in [1.54, 1.807) is 18.2 Å². The van der Waals surface area contributed by atoms with Gasteiger partial charge >= 0.3 is 0 Å². The maximum absolute atomic E-state index is 13.4. The summed E-state index contributed by atoms with van der Waals surface area (Å²) in [6.45, 7) is -0.662. The van der Waals surface area contributed by atoms with Crippen molar-refractivity contribution in [1.82, 2.24) is 9.62 Å². The number of terminal acetylenes is 1. The van der Waals surface area contributed by atoms with Crippen LogP contribution < -0.4 is 10.1 Å². The van der Waals surface area contributed by atoms with Gasteiger partial charge in [0.15, 0.2) is 5.76 Å². The first-order valence-electron chi connectivity index (χ1n) is 11.5. The molecule has 0 saturated carbocycles. The van der Waals surface area contributed by atoms with E-state index in [0.717, 1.165) is 9.87 Å². The van der Waals surface area contributed by atoms with Crippen molar-refractivity contribution < 1.29 is 36.9 Å². The highest BCUT2D eigenvalue weighted by Crippen LogP contribution is 2.31. The van der Waals surface area contributed by atoms with Crippen molar-refractivity contribution in [3.8, 4) is 18.1 Å². The number of aliphatic hydroxyl groups excluding tert-OH is 1. The number of rotatable bonds is 12. The van der Waals surface area contributed by atoms with Crippen LogP contribution in [0.25, 0.3) is 0 Å². The van der Waals surface area contributed by atoms with Crippen LogP contribution in [0.1, 0.15) is 17.9 Å². The number of aliphatic hydroxyl groups is 1. The van der Waals surface area contributed by atoms with E-state index in [4.69, 9.17) is 20.6 Å². The van der Waals surface area contributed by atoms with Gasteiger partial charge in [0.2, 0.25) is 16.3 Å². The normalized spacial score (nSPS) is 17.4. The van der Waals surface area contributed by atoms with Gasteiger partial charge in [0.25, 0.3) is 5.91 Å². The molecule has 9 nitrogen and oxygen atoms in total. The van der Waals surface area contributed by atoms with Crippen molar-refractivity contribution in [1.29, 1.82) is 0 Å². The molecule has 2 aromatic carbocycles. The van der Waals surface area contributed by atoms with Gasteiger partial charge in [-0.3, -0.25) is 4.79 Å². The van der Waals surface area contributed by atoms with Crippen LogP contribution in [0.5, 0.6) is 5.75 Å². The second kappa shape index (κ2) is 13.2. The van der Waals surface area contributed by atoms with E-state index in [9.17, 15) is 22.7 Å². The van der Waals surface area contributed by atoms with Crippen LogP contribution in [0.4, 0.5) is 4.39 Å². The van der Waals surface area contributed by atoms with Crippen molar-refractivity contribution in [2.45, 2.75) is 23.5 Å². The van der Waals surface area contributed by atoms with E-state index in [1.807, 2.05) is 0 Å². The minimum absolute atomic E-state index is 0.00102. The second-order valence-electron chi connectivity index (χ2n) is 8.03. The van der Waals surface area contributed by atoms with E-state index in [2.05, 4.69) is 11.2 Å². The molecule has 0 unspecified atom stereocenters. The van der Waals surface area contributed by atoms with Gasteiger partial charge in [-0.25, -0.2) is 12.8 Å². The monoisotopic (exact) mass is 532 g/mol. The third kappa shape index (κ3) is 7.53.